The maximum atomic E-state index is 15.0. The van der Waals surface area contributed by atoms with Crippen LogP contribution in [0.4, 0.5) is 5.69 Å². The number of nitrogens with zero attached hydrogens (tertiary/aromatic N) is 1. The average molecular weight is 598 g/mol. The number of ether oxygens (including phenoxy) is 2. The van der Waals surface area contributed by atoms with Gasteiger partial charge in [-0.2, -0.15) is 0 Å². The summed E-state index contributed by atoms with van der Waals surface area (Å²) >= 11 is 0. The Hall–Kier alpha value is -4.97. The summed E-state index contributed by atoms with van der Waals surface area (Å²) in [6.45, 7) is 4.33. The van der Waals surface area contributed by atoms with Crippen LogP contribution in [0, 0.1) is 11.3 Å². The molecule has 45 heavy (non-hydrogen) atoms. The summed E-state index contributed by atoms with van der Waals surface area (Å²) in [5.74, 6) is -0.0577. The molecule has 0 radical (unpaired) electrons. The average Bonchev–Trinajstić information content (AvgIpc) is 3.50. The summed E-state index contributed by atoms with van der Waals surface area (Å²) in [6.07, 6.45) is 4.81. The van der Waals surface area contributed by atoms with E-state index in [2.05, 4.69) is 13.8 Å². The smallest absolute Gasteiger partial charge is 0.185 e. The Kier molecular flexibility index (Phi) is 6.96. The lowest BCUT2D eigenvalue weighted by atomic mass is 9.64. The SMILES string of the molecule is COc1ccc([C@H]2[C@H](C(=O)c3ccc(CC(C)C)cc3)N3c4ccccc4C=C[C@@H]3C23C(=O)c2ccccc2C3=O)c(OC)c1. The fraction of sp³-hybridized carbons (Fsp3) is 0.256. The van der Waals surface area contributed by atoms with Gasteiger partial charge in [0.25, 0.3) is 0 Å². The highest BCUT2D eigenvalue weighted by Crippen LogP contribution is 2.62. The number of anilines is 1. The van der Waals surface area contributed by atoms with Crippen molar-refractivity contribution in [2.24, 2.45) is 11.3 Å². The number of hydrogen-bond acceptors (Lipinski definition) is 6. The lowest BCUT2D eigenvalue weighted by Gasteiger charge is -2.37. The number of rotatable bonds is 7. The van der Waals surface area contributed by atoms with Crippen molar-refractivity contribution in [2.75, 3.05) is 19.1 Å². The molecule has 4 aromatic rings. The highest BCUT2D eigenvalue weighted by molar-refractivity contribution is 6.32. The van der Waals surface area contributed by atoms with E-state index in [1.807, 2.05) is 71.6 Å². The van der Waals surface area contributed by atoms with Crippen LogP contribution in [-0.2, 0) is 6.42 Å². The van der Waals surface area contributed by atoms with Gasteiger partial charge in [0.1, 0.15) is 23.0 Å². The van der Waals surface area contributed by atoms with E-state index in [-0.39, 0.29) is 17.3 Å². The van der Waals surface area contributed by atoms with Gasteiger partial charge in [0.05, 0.1) is 20.3 Å². The number of carbonyl (C=O) groups is 3. The van der Waals surface area contributed by atoms with Crippen molar-refractivity contribution in [2.45, 2.75) is 38.3 Å². The van der Waals surface area contributed by atoms with E-state index in [1.54, 1.807) is 50.6 Å². The van der Waals surface area contributed by atoms with Crippen molar-refractivity contribution in [1.82, 2.24) is 0 Å². The maximum Gasteiger partial charge on any atom is 0.185 e. The molecule has 0 amide bonds. The van der Waals surface area contributed by atoms with Gasteiger partial charge in [0.15, 0.2) is 17.3 Å². The highest BCUT2D eigenvalue weighted by atomic mass is 16.5. The molecule has 4 aromatic carbocycles. The van der Waals surface area contributed by atoms with E-state index in [0.717, 1.165) is 23.2 Å². The summed E-state index contributed by atoms with van der Waals surface area (Å²) in [5, 5.41) is 0. The van der Waals surface area contributed by atoms with Crippen LogP contribution in [0.15, 0.2) is 97.1 Å². The number of hydrogen-bond donors (Lipinski definition) is 0. The molecule has 2 heterocycles. The number of ketones is 3. The number of methoxy groups -OCH3 is 2. The Morgan fingerprint density at radius 1 is 0.844 bits per heavy atom. The lowest BCUT2D eigenvalue weighted by Crippen LogP contribution is -2.48. The largest absolute Gasteiger partial charge is 0.497 e. The molecule has 6 nitrogen and oxygen atoms in total. The minimum Gasteiger partial charge on any atom is -0.497 e. The molecule has 226 valence electrons. The van der Waals surface area contributed by atoms with E-state index in [4.69, 9.17) is 9.47 Å². The third-order valence-electron chi connectivity index (χ3n) is 9.64. The fourth-order valence-electron chi connectivity index (χ4n) is 7.78. The summed E-state index contributed by atoms with van der Waals surface area (Å²) in [6, 6.07) is 26.4. The molecule has 3 atom stereocenters. The maximum absolute atomic E-state index is 15.0. The van der Waals surface area contributed by atoms with Gasteiger partial charge in [-0.05, 0) is 35.6 Å². The zero-order chi connectivity index (χ0) is 31.5. The van der Waals surface area contributed by atoms with Gasteiger partial charge in [-0.15, -0.1) is 0 Å². The molecular formula is C39H35NO5. The first-order valence-electron chi connectivity index (χ1n) is 15.4. The zero-order valence-electron chi connectivity index (χ0n) is 25.8. The number of Topliss-reactive ketones (excluding diaryl/α,β-unsaturated/α-hetero) is 3. The molecule has 2 aliphatic heterocycles. The lowest BCUT2D eigenvalue weighted by molar-refractivity contribution is 0.0665. The molecule has 0 N–H and O–H groups in total. The standard InChI is InChI=1S/C39H35NO5/c1-23(2)21-24-13-15-26(16-14-24)36(41)35-34(30-19-18-27(44-3)22-32(30)45-4)39(37(42)28-10-6-7-11-29(28)38(39)43)33-20-17-25-9-5-8-12-31(25)40(33)35/h5-20,22-23,33-35H,21H2,1-4H3/t33-,34+,35-/m1/s1. The van der Waals surface area contributed by atoms with Crippen LogP contribution in [0.3, 0.4) is 0 Å². The van der Waals surface area contributed by atoms with Crippen LogP contribution >= 0.6 is 0 Å². The molecule has 1 saturated heterocycles. The predicted octanol–water partition coefficient (Wildman–Crippen LogP) is 7.22. The molecule has 1 spiro atoms. The Morgan fingerprint density at radius 2 is 1.51 bits per heavy atom. The second-order valence-corrected chi connectivity index (χ2v) is 12.5. The molecular weight excluding hydrogens is 562 g/mol. The van der Waals surface area contributed by atoms with Crippen molar-refractivity contribution in [3.05, 3.63) is 130 Å². The number of para-hydroxylation sites is 1. The molecule has 0 bridgehead atoms. The summed E-state index contributed by atoms with van der Waals surface area (Å²) in [7, 11) is 3.13. The Labute approximate surface area is 263 Å². The van der Waals surface area contributed by atoms with Crippen molar-refractivity contribution in [3.63, 3.8) is 0 Å². The third kappa shape index (κ3) is 4.19. The Morgan fingerprint density at radius 3 is 2.16 bits per heavy atom. The van der Waals surface area contributed by atoms with Crippen LogP contribution in [0.5, 0.6) is 11.5 Å². The first-order chi connectivity index (χ1) is 21.8. The Balaban J connectivity index is 1.51. The van der Waals surface area contributed by atoms with Gasteiger partial charge in [0, 0.05) is 39.9 Å². The van der Waals surface area contributed by atoms with E-state index >= 15 is 4.79 Å². The molecule has 0 saturated carbocycles. The molecule has 3 aliphatic rings. The van der Waals surface area contributed by atoms with Crippen molar-refractivity contribution in [3.8, 4) is 11.5 Å². The molecule has 6 heteroatoms. The molecule has 7 rings (SSSR count). The van der Waals surface area contributed by atoms with E-state index < -0.39 is 23.4 Å². The van der Waals surface area contributed by atoms with Gasteiger partial charge in [0.2, 0.25) is 0 Å². The minimum absolute atomic E-state index is 0.155. The predicted molar refractivity (Wildman–Crippen MR) is 175 cm³/mol. The van der Waals surface area contributed by atoms with Crippen molar-refractivity contribution < 1.29 is 23.9 Å². The van der Waals surface area contributed by atoms with Crippen molar-refractivity contribution >= 4 is 29.1 Å². The minimum atomic E-state index is -1.60. The van der Waals surface area contributed by atoms with Crippen LogP contribution in [0.2, 0.25) is 0 Å². The van der Waals surface area contributed by atoms with Gasteiger partial charge >= 0.3 is 0 Å². The van der Waals surface area contributed by atoms with Gasteiger partial charge in [-0.25, -0.2) is 0 Å². The summed E-state index contributed by atoms with van der Waals surface area (Å²) < 4.78 is 11.4. The molecule has 0 aromatic heterocycles. The van der Waals surface area contributed by atoms with E-state index in [9.17, 15) is 9.59 Å². The topological polar surface area (TPSA) is 72.9 Å². The van der Waals surface area contributed by atoms with Gasteiger partial charge in [-0.3, -0.25) is 14.4 Å². The van der Waals surface area contributed by atoms with Crippen molar-refractivity contribution in [1.29, 1.82) is 0 Å². The molecule has 1 fully saturated rings. The number of fused-ring (bicyclic) bond motifs is 5. The first-order valence-corrected chi connectivity index (χ1v) is 15.4. The summed E-state index contributed by atoms with van der Waals surface area (Å²) in [5.41, 5.74) is 3.20. The zero-order valence-corrected chi connectivity index (χ0v) is 25.8. The summed E-state index contributed by atoms with van der Waals surface area (Å²) in [4.78, 5) is 46.8. The second kappa shape index (κ2) is 10.9. The fourth-order valence-corrected chi connectivity index (χ4v) is 7.78. The molecule has 0 unspecified atom stereocenters. The third-order valence-corrected chi connectivity index (χ3v) is 9.64. The van der Waals surface area contributed by atoms with Crippen LogP contribution in [0.1, 0.15) is 67.5 Å². The highest BCUT2D eigenvalue weighted by Gasteiger charge is 2.72. The second-order valence-electron chi connectivity index (χ2n) is 12.5. The van der Waals surface area contributed by atoms with Gasteiger partial charge < -0.3 is 14.4 Å². The number of benzene rings is 4. The monoisotopic (exact) mass is 597 g/mol. The van der Waals surface area contributed by atoms with Crippen LogP contribution < -0.4 is 14.4 Å². The molecule has 1 aliphatic carbocycles. The van der Waals surface area contributed by atoms with Gasteiger partial charge in [-0.1, -0.05) is 98.8 Å². The number of carbonyl (C=O) groups excluding carboxylic acids is 3. The normalized spacial score (nSPS) is 20.7. The Bertz CT molecular complexity index is 1840. The van der Waals surface area contributed by atoms with E-state index in [0.29, 0.717) is 39.7 Å². The van der Waals surface area contributed by atoms with Crippen LogP contribution in [0.25, 0.3) is 6.08 Å². The van der Waals surface area contributed by atoms with E-state index in [1.165, 1.54) is 0 Å². The first kappa shape index (κ1) is 28.8. The van der Waals surface area contributed by atoms with Crippen LogP contribution in [-0.4, -0.2) is 43.7 Å². The quantitative estimate of drug-likeness (QED) is 0.166.